The maximum absolute atomic E-state index is 16.0. The van der Waals surface area contributed by atoms with E-state index >= 15 is 4.39 Å². The van der Waals surface area contributed by atoms with Crippen LogP contribution in [-0.2, 0) is 38.9 Å². The van der Waals surface area contributed by atoms with E-state index in [1.807, 2.05) is 17.9 Å². The van der Waals surface area contributed by atoms with Crippen molar-refractivity contribution in [3.63, 3.8) is 0 Å². The minimum absolute atomic E-state index is 0.0883. The molecule has 2 aliphatic heterocycles. The number of nitrogens with one attached hydrogen (secondary N) is 1. The zero-order chi connectivity index (χ0) is 34.9. The monoisotopic (exact) mass is 679 g/mol. The fourth-order valence-electron chi connectivity index (χ4n) is 6.86. The largest absolute Gasteiger partial charge is 0.433 e. The van der Waals surface area contributed by atoms with Crippen LogP contribution >= 0.6 is 0 Å². The molecule has 2 amide bonds. The number of aryl methyl sites for hydroxylation is 2. The summed E-state index contributed by atoms with van der Waals surface area (Å²) in [4.78, 5) is 44.8. The number of benzene rings is 1. The zero-order valence-electron chi connectivity index (χ0n) is 27.5. The Hall–Kier alpha value is -4.46. The minimum atomic E-state index is -4.59. The molecule has 1 spiro atoms. The third-order valence-corrected chi connectivity index (χ3v) is 10.0. The van der Waals surface area contributed by atoms with Crippen LogP contribution in [0.2, 0.25) is 0 Å². The Morgan fingerprint density at radius 1 is 1.06 bits per heavy atom. The molecule has 4 aliphatic rings. The van der Waals surface area contributed by atoms with E-state index in [0.29, 0.717) is 89.6 Å². The quantitative estimate of drug-likeness (QED) is 0.305. The number of primary amides is 1. The number of alkyl halides is 3. The predicted molar refractivity (Wildman–Crippen MR) is 172 cm³/mol. The Kier molecular flexibility index (Phi) is 7.99. The average Bonchev–Trinajstić information content (AvgIpc) is 3.96. The van der Waals surface area contributed by atoms with Crippen molar-refractivity contribution in [2.45, 2.75) is 95.6 Å². The number of nitrogens with zero attached hydrogens (tertiary/aromatic N) is 5. The van der Waals surface area contributed by atoms with Crippen LogP contribution in [0.3, 0.4) is 0 Å². The SMILES string of the molecule is Cc1nc(CC(N)=O)nc(C)c1-c1cc(F)c(COC2CC2)c(N2CCC3(CC2)N=C(c2ccc(C(F)(F)F)nc2C2(C)CC2)NC3=O)c1. The van der Waals surface area contributed by atoms with E-state index in [1.165, 1.54) is 12.1 Å². The number of piperidine rings is 1. The van der Waals surface area contributed by atoms with Gasteiger partial charge in [-0.3, -0.25) is 14.6 Å². The summed E-state index contributed by atoms with van der Waals surface area (Å²) in [5, 5.41) is 2.85. The van der Waals surface area contributed by atoms with Gasteiger partial charge in [0.25, 0.3) is 5.91 Å². The number of rotatable bonds is 9. The number of aliphatic imine (C=N–C) groups is 1. The van der Waals surface area contributed by atoms with Crippen LogP contribution in [0.5, 0.6) is 0 Å². The Morgan fingerprint density at radius 3 is 2.33 bits per heavy atom. The van der Waals surface area contributed by atoms with Gasteiger partial charge in [-0.25, -0.2) is 19.3 Å². The van der Waals surface area contributed by atoms with Crippen molar-refractivity contribution in [2.75, 3.05) is 18.0 Å². The molecule has 4 heterocycles. The van der Waals surface area contributed by atoms with Crippen molar-refractivity contribution in [1.29, 1.82) is 0 Å². The van der Waals surface area contributed by atoms with Gasteiger partial charge in [-0.1, -0.05) is 6.92 Å². The van der Waals surface area contributed by atoms with Gasteiger partial charge in [-0.2, -0.15) is 13.2 Å². The van der Waals surface area contributed by atoms with Crippen molar-refractivity contribution >= 4 is 23.3 Å². The smallest absolute Gasteiger partial charge is 0.373 e. The van der Waals surface area contributed by atoms with Crippen molar-refractivity contribution in [3.05, 3.63) is 69.8 Å². The number of carbonyl (C=O) groups is 2. The summed E-state index contributed by atoms with van der Waals surface area (Å²) in [7, 11) is 0. The highest BCUT2D eigenvalue weighted by Crippen LogP contribution is 2.49. The molecule has 1 saturated heterocycles. The number of hydrogen-bond donors (Lipinski definition) is 2. The Labute approximate surface area is 280 Å². The van der Waals surface area contributed by atoms with Gasteiger partial charge in [0.2, 0.25) is 5.91 Å². The molecule has 2 aliphatic carbocycles. The minimum Gasteiger partial charge on any atom is -0.373 e. The highest BCUT2D eigenvalue weighted by atomic mass is 19.4. The summed E-state index contributed by atoms with van der Waals surface area (Å²) in [6.45, 7) is 6.24. The number of hydrogen-bond acceptors (Lipinski definition) is 8. The van der Waals surface area contributed by atoms with Gasteiger partial charge in [-0.15, -0.1) is 0 Å². The number of ether oxygens (including phenoxy) is 1. The summed E-state index contributed by atoms with van der Waals surface area (Å²) in [5.74, 6) is -0.777. The number of nitrogens with two attached hydrogens (primary N) is 1. The van der Waals surface area contributed by atoms with E-state index in [9.17, 15) is 22.8 Å². The van der Waals surface area contributed by atoms with Gasteiger partial charge < -0.3 is 20.7 Å². The van der Waals surface area contributed by atoms with Gasteiger partial charge in [0.1, 0.15) is 28.7 Å². The molecule has 10 nitrogen and oxygen atoms in total. The van der Waals surface area contributed by atoms with E-state index < -0.39 is 34.5 Å². The fraction of sp³-hybridized carbons (Fsp3) is 0.486. The average molecular weight is 680 g/mol. The number of pyridine rings is 1. The molecule has 258 valence electrons. The molecular weight excluding hydrogens is 642 g/mol. The summed E-state index contributed by atoms with van der Waals surface area (Å²) in [6.07, 6.45) is -0.736. The lowest BCUT2D eigenvalue weighted by Gasteiger charge is -2.38. The first-order valence-electron chi connectivity index (χ1n) is 16.5. The van der Waals surface area contributed by atoms with Crippen molar-refractivity contribution in [2.24, 2.45) is 10.7 Å². The summed E-state index contributed by atoms with van der Waals surface area (Å²) in [5.41, 5.74) is 6.85. The van der Waals surface area contributed by atoms with Gasteiger partial charge in [0.15, 0.2) is 0 Å². The van der Waals surface area contributed by atoms with Crippen LogP contribution in [0.1, 0.15) is 85.2 Å². The maximum atomic E-state index is 16.0. The lowest BCUT2D eigenvalue weighted by atomic mass is 9.87. The van der Waals surface area contributed by atoms with E-state index in [-0.39, 0.29) is 30.9 Å². The molecule has 2 saturated carbocycles. The summed E-state index contributed by atoms with van der Waals surface area (Å²) >= 11 is 0. The van der Waals surface area contributed by atoms with Crippen molar-refractivity contribution in [3.8, 4) is 11.1 Å². The first-order valence-corrected chi connectivity index (χ1v) is 16.5. The molecule has 1 aromatic carbocycles. The number of amidine groups is 1. The molecule has 14 heteroatoms. The van der Waals surface area contributed by atoms with Gasteiger partial charge in [0.05, 0.1) is 24.8 Å². The van der Waals surface area contributed by atoms with Crippen LogP contribution in [0.25, 0.3) is 11.1 Å². The first kappa shape index (κ1) is 33.1. The number of carbonyl (C=O) groups excluding carboxylic acids is 2. The maximum Gasteiger partial charge on any atom is 0.433 e. The van der Waals surface area contributed by atoms with Gasteiger partial charge >= 0.3 is 6.18 Å². The molecule has 3 N–H and O–H groups in total. The number of aromatic nitrogens is 3. The second-order valence-electron chi connectivity index (χ2n) is 13.9. The predicted octanol–water partition coefficient (Wildman–Crippen LogP) is 4.99. The number of halogens is 4. The van der Waals surface area contributed by atoms with E-state index in [2.05, 4.69) is 20.3 Å². The number of anilines is 1. The number of amides is 2. The first-order chi connectivity index (χ1) is 23.2. The third kappa shape index (κ3) is 6.38. The normalized spacial score (nSPS) is 19.6. The molecule has 0 radical (unpaired) electrons. The Morgan fingerprint density at radius 2 is 1.73 bits per heavy atom. The van der Waals surface area contributed by atoms with Gasteiger partial charge in [0, 0.05) is 52.3 Å². The third-order valence-electron chi connectivity index (χ3n) is 10.0. The van der Waals surface area contributed by atoms with Crippen LogP contribution in [0.4, 0.5) is 23.2 Å². The van der Waals surface area contributed by atoms with E-state index in [0.717, 1.165) is 18.9 Å². The molecule has 0 atom stereocenters. The molecule has 0 bridgehead atoms. The summed E-state index contributed by atoms with van der Waals surface area (Å²) < 4.78 is 62.6. The molecule has 49 heavy (non-hydrogen) atoms. The second-order valence-corrected chi connectivity index (χ2v) is 13.9. The summed E-state index contributed by atoms with van der Waals surface area (Å²) in [6, 6.07) is 5.62. The second kappa shape index (κ2) is 11.9. The topological polar surface area (TPSA) is 136 Å². The van der Waals surface area contributed by atoms with Gasteiger partial charge in [-0.05, 0) is 82.2 Å². The van der Waals surface area contributed by atoms with Crippen LogP contribution in [0, 0.1) is 19.7 Å². The van der Waals surface area contributed by atoms with Crippen LogP contribution in [-0.4, -0.2) is 57.3 Å². The Bertz CT molecular complexity index is 1870. The van der Waals surface area contributed by atoms with E-state index in [4.69, 9.17) is 15.5 Å². The highest BCUT2D eigenvalue weighted by Gasteiger charge is 2.49. The lowest BCUT2D eigenvalue weighted by molar-refractivity contribution is -0.141. The molecule has 0 unspecified atom stereocenters. The zero-order valence-corrected chi connectivity index (χ0v) is 27.5. The molecule has 7 rings (SSSR count). The van der Waals surface area contributed by atoms with Crippen LogP contribution < -0.4 is 16.0 Å². The van der Waals surface area contributed by atoms with Crippen LogP contribution in [0.15, 0.2) is 29.3 Å². The van der Waals surface area contributed by atoms with E-state index in [1.54, 1.807) is 13.8 Å². The fourth-order valence-corrected chi connectivity index (χ4v) is 6.86. The molecule has 2 aromatic heterocycles. The standard InChI is InChI=1S/C35H37F4N7O3/c1-18-29(19(2)42-28(41-18)16-27(40)47)20-14-24(36)23(17-49-21-4-5-21)25(15-20)46-12-10-34(11-13-46)32(48)44-31(45-34)22-6-7-26(35(37,38)39)43-30(22)33(3)8-9-33/h6-7,14-15,21H,4-5,8-13,16-17H2,1-3H3,(H2,40,47)(H,44,45,48). The molecule has 3 aromatic rings. The van der Waals surface area contributed by atoms with Crippen molar-refractivity contribution < 1.29 is 31.9 Å². The Balaban J connectivity index is 1.19. The molecular formula is C35H37F4N7O3. The molecule has 3 fully saturated rings. The highest BCUT2D eigenvalue weighted by molar-refractivity contribution is 6.16. The van der Waals surface area contributed by atoms with Crippen molar-refractivity contribution in [1.82, 2.24) is 20.3 Å². The lowest BCUT2D eigenvalue weighted by Crippen LogP contribution is -2.49.